The van der Waals surface area contributed by atoms with Crippen LogP contribution in [0.5, 0.6) is 0 Å². The van der Waals surface area contributed by atoms with Crippen molar-refractivity contribution in [2.45, 2.75) is 19.9 Å². The molecule has 1 atom stereocenters. The van der Waals surface area contributed by atoms with Gasteiger partial charge in [0.05, 0.1) is 11.6 Å². The Kier molecular flexibility index (Phi) is 7.13. The number of hydrogen-bond acceptors (Lipinski definition) is 5. The SMILES string of the molecule is CCSCCOC(=O)C1=C(C)NC(=S)N[C@H]1c1ccc(N(C)C)cc1. The first-order valence-electron chi connectivity index (χ1n) is 8.24. The largest absolute Gasteiger partial charge is 0.461 e. The van der Waals surface area contributed by atoms with Crippen LogP contribution >= 0.6 is 24.0 Å². The summed E-state index contributed by atoms with van der Waals surface area (Å²) in [5.41, 5.74) is 3.39. The maximum atomic E-state index is 12.6. The number of carbonyl (C=O) groups is 1. The summed E-state index contributed by atoms with van der Waals surface area (Å²) >= 11 is 7.02. The van der Waals surface area contributed by atoms with Crippen LogP contribution in [-0.2, 0) is 9.53 Å². The van der Waals surface area contributed by atoms with Crippen LogP contribution in [0.3, 0.4) is 0 Å². The molecule has 2 N–H and O–H groups in total. The second-order valence-electron chi connectivity index (χ2n) is 5.89. The van der Waals surface area contributed by atoms with Crippen molar-refractivity contribution in [1.82, 2.24) is 10.6 Å². The maximum Gasteiger partial charge on any atom is 0.338 e. The number of hydrogen-bond donors (Lipinski definition) is 2. The van der Waals surface area contributed by atoms with E-state index in [0.717, 1.165) is 28.5 Å². The van der Waals surface area contributed by atoms with E-state index in [1.807, 2.05) is 50.2 Å². The number of anilines is 1. The summed E-state index contributed by atoms with van der Waals surface area (Å²) in [4.78, 5) is 14.7. The first kappa shape index (κ1) is 19.6. The monoisotopic (exact) mass is 379 g/mol. The van der Waals surface area contributed by atoms with Gasteiger partial charge in [0.1, 0.15) is 6.61 Å². The first-order chi connectivity index (χ1) is 11.9. The van der Waals surface area contributed by atoms with Gasteiger partial charge in [-0.1, -0.05) is 19.1 Å². The molecule has 1 aromatic rings. The van der Waals surface area contributed by atoms with Crippen molar-refractivity contribution in [1.29, 1.82) is 0 Å². The molecule has 0 aromatic heterocycles. The minimum absolute atomic E-state index is 0.307. The Morgan fingerprint density at radius 1 is 1.32 bits per heavy atom. The summed E-state index contributed by atoms with van der Waals surface area (Å²) in [5, 5.41) is 6.73. The number of esters is 1. The quantitative estimate of drug-likeness (QED) is 0.429. The van der Waals surface area contributed by atoms with E-state index in [-0.39, 0.29) is 12.0 Å². The zero-order valence-corrected chi connectivity index (χ0v) is 16.7. The van der Waals surface area contributed by atoms with Crippen molar-refractivity contribution in [3.8, 4) is 0 Å². The molecule has 7 heteroatoms. The lowest BCUT2D eigenvalue weighted by Crippen LogP contribution is -2.45. The number of nitrogens with zero attached hydrogens (tertiary/aromatic N) is 1. The van der Waals surface area contributed by atoms with E-state index in [1.165, 1.54) is 0 Å². The molecular formula is C18H25N3O2S2. The van der Waals surface area contributed by atoms with Gasteiger partial charge in [-0.3, -0.25) is 0 Å². The summed E-state index contributed by atoms with van der Waals surface area (Å²) in [6.45, 7) is 4.35. The second kappa shape index (κ2) is 9.10. The molecule has 25 heavy (non-hydrogen) atoms. The number of nitrogens with one attached hydrogen (secondary N) is 2. The Labute approximate surface area is 159 Å². The normalized spacial score (nSPS) is 17.0. The fourth-order valence-corrected chi connectivity index (χ4v) is 3.36. The van der Waals surface area contributed by atoms with Gasteiger partial charge in [0.2, 0.25) is 0 Å². The second-order valence-corrected chi connectivity index (χ2v) is 7.69. The summed E-state index contributed by atoms with van der Waals surface area (Å²) in [6.07, 6.45) is 0. The lowest BCUT2D eigenvalue weighted by atomic mass is 9.95. The highest BCUT2D eigenvalue weighted by Crippen LogP contribution is 2.28. The Balaban J connectivity index is 2.22. The van der Waals surface area contributed by atoms with E-state index in [2.05, 4.69) is 17.6 Å². The predicted molar refractivity (Wildman–Crippen MR) is 109 cm³/mol. The van der Waals surface area contributed by atoms with Gasteiger partial charge in [-0.2, -0.15) is 11.8 Å². The van der Waals surface area contributed by atoms with E-state index in [1.54, 1.807) is 11.8 Å². The molecule has 136 valence electrons. The minimum Gasteiger partial charge on any atom is -0.461 e. The molecule has 5 nitrogen and oxygen atoms in total. The highest BCUT2D eigenvalue weighted by atomic mass is 32.2. The van der Waals surface area contributed by atoms with Crippen LogP contribution in [-0.4, -0.2) is 43.3 Å². The van der Waals surface area contributed by atoms with E-state index in [4.69, 9.17) is 17.0 Å². The number of rotatable bonds is 7. The third kappa shape index (κ3) is 5.12. The third-order valence-electron chi connectivity index (χ3n) is 3.90. The standard InChI is InChI=1S/C18H25N3O2S2/c1-5-25-11-10-23-17(22)15-12(2)19-18(24)20-16(15)13-6-8-14(9-7-13)21(3)4/h6-9,16H,5,10-11H2,1-4H3,(H2,19,20,24)/t16-/m0/s1. The topological polar surface area (TPSA) is 53.6 Å². The number of thiocarbonyl (C=S) groups is 1. The number of allylic oxidation sites excluding steroid dienone is 1. The Hall–Kier alpha value is -1.73. The molecule has 0 aliphatic carbocycles. The maximum absolute atomic E-state index is 12.6. The van der Waals surface area contributed by atoms with Gasteiger partial charge >= 0.3 is 5.97 Å². The van der Waals surface area contributed by atoms with Crippen molar-refractivity contribution in [3.63, 3.8) is 0 Å². The van der Waals surface area contributed by atoms with Crippen LogP contribution in [0.2, 0.25) is 0 Å². The summed E-state index contributed by atoms with van der Waals surface area (Å²) in [6, 6.07) is 7.76. The van der Waals surface area contributed by atoms with E-state index in [9.17, 15) is 4.79 Å². The molecule has 0 amide bonds. The van der Waals surface area contributed by atoms with Gasteiger partial charge in [0.15, 0.2) is 5.11 Å². The van der Waals surface area contributed by atoms with Gasteiger partial charge in [-0.25, -0.2) is 4.79 Å². The highest BCUT2D eigenvalue weighted by molar-refractivity contribution is 7.99. The minimum atomic E-state index is -0.309. The molecule has 0 saturated carbocycles. The number of thioether (sulfide) groups is 1. The van der Waals surface area contributed by atoms with E-state index >= 15 is 0 Å². The molecular weight excluding hydrogens is 354 g/mol. The van der Waals surface area contributed by atoms with Crippen molar-refractivity contribution in [2.24, 2.45) is 0 Å². The fourth-order valence-electron chi connectivity index (χ4n) is 2.59. The van der Waals surface area contributed by atoms with Gasteiger partial charge in [0.25, 0.3) is 0 Å². The van der Waals surface area contributed by atoms with Crippen LogP contribution in [0.1, 0.15) is 25.5 Å². The number of carbonyl (C=O) groups excluding carboxylic acids is 1. The molecule has 2 rings (SSSR count). The van der Waals surface area contributed by atoms with Crippen LogP contribution in [0.25, 0.3) is 0 Å². The third-order valence-corrected chi connectivity index (χ3v) is 4.98. The molecule has 0 unspecified atom stereocenters. The summed E-state index contributed by atoms with van der Waals surface area (Å²) in [5.74, 6) is 1.51. The zero-order valence-electron chi connectivity index (χ0n) is 15.1. The molecule has 0 bridgehead atoms. The van der Waals surface area contributed by atoms with Gasteiger partial charge in [-0.05, 0) is 42.6 Å². The molecule has 0 fully saturated rings. The van der Waals surface area contributed by atoms with Gasteiger partial charge in [0, 0.05) is 31.2 Å². The highest BCUT2D eigenvalue weighted by Gasteiger charge is 2.30. The lowest BCUT2D eigenvalue weighted by molar-refractivity contribution is -0.138. The molecule has 1 aliphatic heterocycles. The Morgan fingerprint density at radius 3 is 2.60 bits per heavy atom. The van der Waals surface area contributed by atoms with Crippen molar-refractivity contribution < 1.29 is 9.53 Å². The average Bonchev–Trinajstić information content (AvgIpc) is 2.58. The van der Waals surface area contributed by atoms with Crippen LogP contribution in [0.15, 0.2) is 35.5 Å². The molecule has 1 heterocycles. The predicted octanol–water partition coefficient (Wildman–Crippen LogP) is 2.84. The molecule has 0 saturated heterocycles. The molecule has 0 spiro atoms. The average molecular weight is 380 g/mol. The number of ether oxygens (including phenoxy) is 1. The van der Waals surface area contributed by atoms with E-state index in [0.29, 0.717) is 17.3 Å². The first-order valence-corrected chi connectivity index (χ1v) is 9.80. The van der Waals surface area contributed by atoms with Crippen LogP contribution in [0, 0.1) is 0 Å². The lowest BCUT2D eigenvalue weighted by Gasteiger charge is -2.30. The van der Waals surface area contributed by atoms with Crippen molar-refractivity contribution >= 4 is 40.7 Å². The van der Waals surface area contributed by atoms with Crippen LogP contribution in [0.4, 0.5) is 5.69 Å². The van der Waals surface area contributed by atoms with E-state index < -0.39 is 0 Å². The summed E-state index contributed by atoms with van der Waals surface area (Å²) in [7, 11) is 3.99. The zero-order chi connectivity index (χ0) is 18.4. The van der Waals surface area contributed by atoms with Gasteiger partial charge < -0.3 is 20.3 Å². The molecule has 0 radical (unpaired) electrons. The summed E-state index contributed by atoms with van der Waals surface area (Å²) < 4.78 is 5.45. The molecule has 1 aromatic carbocycles. The Bertz CT molecular complexity index is 657. The van der Waals surface area contributed by atoms with Crippen LogP contribution < -0.4 is 15.5 Å². The fraction of sp³-hybridized carbons (Fsp3) is 0.444. The smallest absolute Gasteiger partial charge is 0.338 e. The molecule has 1 aliphatic rings. The van der Waals surface area contributed by atoms with Crippen molar-refractivity contribution in [2.75, 3.05) is 37.1 Å². The van der Waals surface area contributed by atoms with Gasteiger partial charge in [-0.15, -0.1) is 0 Å². The van der Waals surface area contributed by atoms with Crippen molar-refractivity contribution in [3.05, 3.63) is 41.1 Å². The Morgan fingerprint density at radius 2 is 2.00 bits per heavy atom. The number of benzene rings is 1.